The van der Waals surface area contributed by atoms with E-state index in [9.17, 15) is 14.4 Å². The van der Waals surface area contributed by atoms with Gasteiger partial charge in [-0.1, -0.05) is 29.3 Å². The van der Waals surface area contributed by atoms with Crippen LogP contribution in [0.25, 0.3) is 0 Å². The van der Waals surface area contributed by atoms with Crippen molar-refractivity contribution in [1.82, 2.24) is 14.8 Å². The van der Waals surface area contributed by atoms with Gasteiger partial charge in [-0.15, -0.1) is 0 Å². The number of amides is 2. The highest BCUT2D eigenvalue weighted by atomic mass is 16.7. The predicted octanol–water partition coefficient (Wildman–Crippen LogP) is 2.58. The van der Waals surface area contributed by atoms with E-state index in [0.29, 0.717) is 10.8 Å². The third-order valence-corrected chi connectivity index (χ3v) is 3.95. The Kier molecular flexibility index (Phi) is 3.92. The van der Waals surface area contributed by atoms with Crippen molar-refractivity contribution in [1.29, 1.82) is 0 Å². The van der Waals surface area contributed by atoms with Crippen LogP contribution in [0.1, 0.15) is 31.1 Å². The van der Waals surface area contributed by atoms with E-state index in [4.69, 9.17) is 9.57 Å². The SMILES string of the molecule is Cn1cc(Oc2ccccc2C(=O)ON2C(=O)c3ccccc3C2=O)cn1. The first-order chi connectivity index (χ1) is 13.0. The van der Waals surface area contributed by atoms with Crippen LogP contribution in [0.2, 0.25) is 0 Å². The summed E-state index contributed by atoms with van der Waals surface area (Å²) in [7, 11) is 1.73. The lowest BCUT2D eigenvalue weighted by Gasteiger charge is -2.14. The monoisotopic (exact) mass is 363 g/mol. The molecule has 0 spiro atoms. The van der Waals surface area contributed by atoms with E-state index in [1.807, 2.05) is 0 Å². The van der Waals surface area contributed by atoms with Gasteiger partial charge in [0.05, 0.1) is 23.5 Å². The minimum absolute atomic E-state index is 0.0675. The van der Waals surface area contributed by atoms with Gasteiger partial charge in [0.2, 0.25) is 0 Å². The summed E-state index contributed by atoms with van der Waals surface area (Å²) in [6.45, 7) is 0. The summed E-state index contributed by atoms with van der Waals surface area (Å²) in [5.41, 5.74) is 0.447. The highest BCUT2D eigenvalue weighted by Crippen LogP contribution is 2.27. The van der Waals surface area contributed by atoms with Crippen molar-refractivity contribution in [3.05, 3.63) is 77.6 Å². The van der Waals surface area contributed by atoms with Crippen LogP contribution in [0.15, 0.2) is 60.9 Å². The van der Waals surface area contributed by atoms with Gasteiger partial charge in [0, 0.05) is 7.05 Å². The summed E-state index contributed by atoms with van der Waals surface area (Å²) in [4.78, 5) is 42.3. The summed E-state index contributed by atoms with van der Waals surface area (Å²) in [5, 5.41) is 4.46. The fourth-order valence-electron chi connectivity index (χ4n) is 2.68. The lowest BCUT2D eigenvalue weighted by molar-refractivity contribution is -0.0586. The van der Waals surface area contributed by atoms with E-state index in [-0.39, 0.29) is 22.4 Å². The number of rotatable bonds is 4. The zero-order valence-corrected chi connectivity index (χ0v) is 14.2. The van der Waals surface area contributed by atoms with Crippen molar-refractivity contribution >= 4 is 17.8 Å². The summed E-state index contributed by atoms with van der Waals surface area (Å²) in [6.07, 6.45) is 3.12. The van der Waals surface area contributed by atoms with E-state index in [0.717, 1.165) is 0 Å². The molecule has 0 bridgehead atoms. The molecular weight excluding hydrogens is 350 g/mol. The molecule has 1 aromatic heterocycles. The lowest BCUT2D eigenvalue weighted by Crippen LogP contribution is -2.32. The van der Waals surface area contributed by atoms with E-state index >= 15 is 0 Å². The van der Waals surface area contributed by atoms with Crippen molar-refractivity contribution in [2.75, 3.05) is 0 Å². The number of imide groups is 1. The quantitative estimate of drug-likeness (QED) is 0.662. The Morgan fingerprint density at radius 1 is 0.963 bits per heavy atom. The molecule has 1 aliphatic rings. The molecule has 4 rings (SSSR count). The molecule has 0 fully saturated rings. The normalized spacial score (nSPS) is 12.9. The maximum absolute atomic E-state index is 12.6. The van der Waals surface area contributed by atoms with Crippen LogP contribution in [0, 0.1) is 0 Å². The van der Waals surface area contributed by atoms with Gasteiger partial charge in [-0.25, -0.2) is 4.79 Å². The van der Waals surface area contributed by atoms with Gasteiger partial charge in [0.15, 0.2) is 5.75 Å². The van der Waals surface area contributed by atoms with Gasteiger partial charge in [-0.3, -0.25) is 14.3 Å². The molecule has 0 aliphatic carbocycles. The topological polar surface area (TPSA) is 90.7 Å². The van der Waals surface area contributed by atoms with Gasteiger partial charge in [0.1, 0.15) is 11.3 Å². The Morgan fingerprint density at radius 2 is 1.59 bits per heavy atom. The molecule has 2 heterocycles. The smallest absolute Gasteiger partial charge is 0.367 e. The van der Waals surface area contributed by atoms with Gasteiger partial charge in [-0.05, 0) is 24.3 Å². The lowest BCUT2D eigenvalue weighted by atomic mass is 10.1. The van der Waals surface area contributed by atoms with Crippen LogP contribution in [-0.2, 0) is 11.9 Å². The van der Waals surface area contributed by atoms with E-state index in [1.165, 1.54) is 24.4 Å². The number of aromatic nitrogens is 2. The number of fused-ring (bicyclic) bond motifs is 1. The van der Waals surface area contributed by atoms with Crippen molar-refractivity contribution < 1.29 is 24.0 Å². The van der Waals surface area contributed by atoms with Crippen LogP contribution in [0.3, 0.4) is 0 Å². The van der Waals surface area contributed by atoms with Gasteiger partial charge < -0.3 is 9.57 Å². The first-order valence-electron chi connectivity index (χ1n) is 8.00. The maximum atomic E-state index is 12.6. The van der Waals surface area contributed by atoms with Crippen LogP contribution >= 0.6 is 0 Å². The molecule has 1 aliphatic heterocycles. The predicted molar refractivity (Wildman–Crippen MR) is 92.1 cm³/mol. The first-order valence-corrected chi connectivity index (χ1v) is 8.00. The zero-order valence-electron chi connectivity index (χ0n) is 14.2. The Labute approximate surface area is 153 Å². The summed E-state index contributed by atoms with van der Waals surface area (Å²) >= 11 is 0. The first kappa shape index (κ1) is 16.5. The highest BCUT2D eigenvalue weighted by molar-refractivity contribution is 6.21. The maximum Gasteiger partial charge on any atom is 0.367 e. The van der Waals surface area contributed by atoms with Gasteiger partial charge >= 0.3 is 5.97 Å². The molecule has 0 unspecified atom stereocenters. The van der Waals surface area contributed by atoms with Crippen molar-refractivity contribution in [2.24, 2.45) is 7.05 Å². The molecule has 0 saturated carbocycles. The Balaban J connectivity index is 1.58. The average Bonchev–Trinajstić information content (AvgIpc) is 3.19. The number of ether oxygens (including phenoxy) is 1. The third-order valence-electron chi connectivity index (χ3n) is 3.95. The van der Waals surface area contributed by atoms with Crippen LogP contribution in [0.4, 0.5) is 0 Å². The molecule has 0 radical (unpaired) electrons. The van der Waals surface area contributed by atoms with Crippen LogP contribution < -0.4 is 4.74 Å². The average molecular weight is 363 g/mol. The van der Waals surface area contributed by atoms with E-state index < -0.39 is 17.8 Å². The van der Waals surface area contributed by atoms with E-state index in [2.05, 4.69) is 5.10 Å². The van der Waals surface area contributed by atoms with Gasteiger partial charge in [0.25, 0.3) is 11.8 Å². The van der Waals surface area contributed by atoms with Crippen LogP contribution in [-0.4, -0.2) is 32.6 Å². The number of aryl methyl sites for hydroxylation is 1. The number of para-hydroxylation sites is 1. The molecule has 134 valence electrons. The minimum Gasteiger partial charge on any atom is -0.453 e. The van der Waals surface area contributed by atoms with Crippen LogP contribution in [0.5, 0.6) is 11.5 Å². The fraction of sp³-hybridized carbons (Fsp3) is 0.0526. The molecule has 8 nitrogen and oxygen atoms in total. The minimum atomic E-state index is -0.885. The molecule has 2 amide bonds. The molecule has 0 atom stereocenters. The van der Waals surface area contributed by atoms with Crippen molar-refractivity contribution in [3.63, 3.8) is 0 Å². The zero-order chi connectivity index (χ0) is 19.0. The number of carbonyl (C=O) groups excluding carboxylic acids is 3. The van der Waals surface area contributed by atoms with Gasteiger partial charge in [-0.2, -0.15) is 5.10 Å². The second-order valence-electron chi connectivity index (χ2n) is 5.78. The fourth-order valence-corrected chi connectivity index (χ4v) is 2.68. The number of hydroxylamine groups is 2. The molecule has 8 heteroatoms. The number of nitrogens with zero attached hydrogens (tertiary/aromatic N) is 3. The third kappa shape index (κ3) is 2.93. The largest absolute Gasteiger partial charge is 0.453 e. The molecule has 0 N–H and O–H groups in total. The molecule has 2 aromatic carbocycles. The highest BCUT2D eigenvalue weighted by Gasteiger charge is 2.39. The summed E-state index contributed by atoms with van der Waals surface area (Å²) in [6, 6.07) is 12.6. The van der Waals surface area contributed by atoms with Crippen molar-refractivity contribution in [3.8, 4) is 11.5 Å². The molecular formula is C19H13N3O5. The summed E-state index contributed by atoms with van der Waals surface area (Å²) < 4.78 is 7.21. The number of hydrogen-bond donors (Lipinski definition) is 0. The van der Waals surface area contributed by atoms with Crippen molar-refractivity contribution in [2.45, 2.75) is 0 Å². The molecule has 0 saturated heterocycles. The number of hydrogen-bond acceptors (Lipinski definition) is 6. The Hall–Kier alpha value is -3.94. The number of benzene rings is 2. The number of carbonyl (C=O) groups is 3. The Morgan fingerprint density at radius 3 is 2.22 bits per heavy atom. The second kappa shape index (κ2) is 6.41. The summed E-state index contributed by atoms with van der Waals surface area (Å²) in [5.74, 6) is -1.61. The molecule has 27 heavy (non-hydrogen) atoms. The van der Waals surface area contributed by atoms with E-state index in [1.54, 1.807) is 48.3 Å². The molecule has 3 aromatic rings. The second-order valence-corrected chi connectivity index (χ2v) is 5.78. The Bertz CT molecular complexity index is 1040. The standard InChI is InChI=1S/C19H13N3O5/c1-21-11-12(10-20-21)26-16-9-5-4-8-15(16)19(25)27-22-17(23)13-6-2-3-7-14(13)18(22)24/h2-11H,1H3.